The molecule has 0 bridgehead atoms. The molecule has 4 nitrogen and oxygen atoms in total. The Morgan fingerprint density at radius 2 is 2.41 bits per heavy atom. The minimum atomic E-state index is -0.362. The molecule has 0 amide bonds. The number of aliphatic hydroxyl groups is 1. The molecule has 2 rings (SSSR count). The third-order valence-corrected chi connectivity index (χ3v) is 3.57. The van der Waals surface area contributed by atoms with Gasteiger partial charge in [0.2, 0.25) is 0 Å². The van der Waals surface area contributed by atoms with Crippen molar-refractivity contribution in [2.75, 3.05) is 6.54 Å². The molecule has 1 fully saturated rings. The molecule has 1 aromatic rings. The van der Waals surface area contributed by atoms with Crippen molar-refractivity contribution in [3.05, 3.63) is 18.5 Å². The van der Waals surface area contributed by atoms with E-state index in [0.717, 1.165) is 0 Å². The third-order valence-electron chi connectivity index (χ3n) is 3.57. The van der Waals surface area contributed by atoms with E-state index < -0.39 is 0 Å². The number of hydrogen-bond acceptors (Lipinski definition) is 3. The molecule has 2 atom stereocenters. The van der Waals surface area contributed by atoms with E-state index in [0.29, 0.717) is 24.5 Å². The summed E-state index contributed by atoms with van der Waals surface area (Å²) in [7, 11) is 0. The van der Waals surface area contributed by atoms with Crippen LogP contribution in [0.1, 0.15) is 33.1 Å². The second kappa shape index (κ2) is 5.19. The second-order valence-electron chi connectivity index (χ2n) is 5.89. The molecule has 17 heavy (non-hydrogen) atoms. The van der Waals surface area contributed by atoms with E-state index in [1.807, 2.05) is 12.3 Å². The van der Waals surface area contributed by atoms with Crippen LogP contribution in [0.2, 0.25) is 0 Å². The van der Waals surface area contributed by atoms with E-state index in [-0.39, 0.29) is 6.10 Å². The summed E-state index contributed by atoms with van der Waals surface area (Å²) in [5, 5.41) is 17.4. The van der Waals surface area contributed by atoms with Gasteiger partial charge in [-0.25, -0.2) is 0 Å². The fourth-order valence-corrected chi connectivity index (χ4v) is 2.60. The van der Waals surface area contributed by atoms with Crippen molar-refractivity contribution in [1.29, 1.82) is 0 Å². The molecule has 1 aliphatic carbocycles. The minimum absolute atomic E-state index is 0.362. The molecule has 0 spiro atoms. The molecule has 1 heterocycles. The van der Waals surface area contributed by atoms with Gasteiger partial charge < -0.3 is 10.4 Å². The maximum Gasteiger partial charge on any atom is 0.0860 e. The van der Waals surface area contributed by atoms with Gasteiger partial charge in [-0.15, -0.1) is 0 Å². The summed E-state index contributed by atoms with van der Waals surface area (Å²) in [4.78, 5) is 0. The number of rotatable bonds is 5. The van der Waals surface area contributed by atoms with Gasteiger partial charge in [-0.2, -0.15) is 5.10 Å². The molecular weight excluding hydrogens is 214 g/mol. The Kier molecular flexibility index (Phi) is 3.84. The van der Waals surface area contributed by atoms with Crippen molar-refractivity contribution in [3.63, 3.8) is 0 Å². The van der Waals surface area contributed by atoms with Gasteiger partial charge in [0, 0.05) is 25.0 Å². The Bertz CT molecular complexity index is 334. The highest BCUT2D eigenvalue weighted by Crippen LogP contribution is 2.36. The van der Waals surface area contributed by atoms with Crippen molar-refractivity contribution in [3.8, 4) is 0 Å². The lowest BCUT2D eigenvalue weighted by Gasteiger charge is -2.19. The monoisotopic (exact) mass is 237 g/mol. The zero-order valence-corrected chi connectivity index (χ0v) is 10.8. The van der Waals surface area contributed by atoms with Crippen LogP contribution in [0.3, 0.4) is 0 Å². The van der Waals surface area contributed by atoms with Crippen molar-refractivity contribution in [2.45, 2.75) is 51.8 Å². The second-order valence-corrected chi connectivity index (χ2v) is 5.89. The number of nitrogens with one attached hydrogen (secondary N) is 1. The normalized spacial score (nSPS) is 25.0. The summed E-state index contributed by atoms with van der Waals surface area (Å²) in [5.41, 5.74) is 0.463. The van der Waals surface area contributed by atoms with E-state index >= 15 is 0 Å². The van der Waals surface area contributed by atoms with Crippen LogP contribution in [-0.4, -0.2) is 33.6 Å². The van der Waals surface area contributed by atoms with Crippen LogP contribution in [0.5, 0.6) is 0 Å². The van der Waals surface area contributed by atoms with Gasteiger partial charge >= 0.3 is 0 Å². The average Bonchev–Trinajstić information content (AvgIpc) is 2.85. The van der Waals surface area contributed by atoms with E-state index in [2.05, 4.69) is 24.3 Å². The zero-order valence-electron chi connectivity index (χ0n) is 10.8. The van der Waals surface area contributed by atoms with E-state index in [1.54, 1.807) is 10.9 Å². The molecule has 1 aliphatic rings. The first-order valence-electron chi connectivity index (χ1n) is 6.44. The molecular formula is C13H23N3O. The van der Waals surface area contributed by atoms with Crippen LogP contribution in [0.25, 0.3) is 0 Å². The highest BCUT2D eigenvalue weighted by molar-refractivity contribution is 4.87. The summed E-state index contributed by atoms with van der Waals surface area (Å²) in [5.74, 6) is 0. The smallest absolute Gasteiger partial charge is 0.0860 e. The SMILES string of the molecule is CC1(C)CCC(NCC(O)Cn2cccn2)C1. The highest BCUT2D eigenvalue weighted by atomic mass is 16.3. The Morgan fingerprint density at radius 1 is 1.59 bits per heavy atom. The summed E-state index contributed by atoms with van der Waals surface area (Å²) < 4.78 is 1.77. The molecule has 4 heteroatoms. The van der Waals surface area contributed by atoms with Gasteiger partial charge in [0.1, 0.15) is 0 Å². The zero-order chi connectivity index (χ0) is 12.3. The molecule has 0 saturated heterocycles. The molecule has 0 radical (unpaired) electrons. The van der Waals surface area contributed by atoms with Crippen LogP contribution in [0.4, 0.5) is 0 Å². The lowest BCUT2D eigenvalue weighted by Crippen LogP contribution is -2.36. The van der Waals surface area contributed by atoms with Crippen LogP contribution >= 0.6 is 0 Å². The largest absolute Gasteiger partial charge is 0.390 e. The van der Waals surface area contributed by atoms with Crippen LogP contribution < -0.4 is 5.32 Å². The number of hydrogen-bond donors (Lipinski definition) is 2. The lowest BCUT2D eigenvalue weighted by molar-refractivity contribution is 0.142. The maximum atomic E-state index is 9.89. The number of nitrogens with zero attached hydrogens (tertiary/aromatic N) is 2. The first kappa shape index (κ1) is 12.6. The molecule has 2 N–H and O–H groups in total. The number of aromatic nitrogens is 2. The van der Waals surface area contributed by atoms with Crippen LogP contribution in [0.15, 0.2) is 18.5 Å². The van der Waals surface area contributed by atoms with Gasteiger partial charge in [0.15, 0.2) is 0 Å². The molecule has 1 saturated carbocycles. The fraction of sp³-hybridized carbons (Fsp3) is 0.769. The predicted molar refractivity (Wildman–Crippen MR) is 67.7 cm³/mol. The molecule has 0 aliphatic heterocycles. The van der Waals surface area contributed by atoms with E-state index in [4.69, 9.17) is 0 Å². The van der Waals surface area contributed by atoms with Crippen LogP contribution in [-0.2, 0) is 6.54 Å². The minimum Gasteiger partial charge on any atom is -0.390 e. The van der Waals surface area contributed by atoms with Crippen molar-refractivity contribution < 1.29 is 5.11 Å². The molecule has 2 unspecified atom stereocenters. The molecule has 1 aromatic heterocycles. The topological polar surface area (TPSA) is 50.1 Å². The summed E-state index contributed by atoms with van der Waals surface area (Å²) in [6.07, 6.45) is 6.96. The molecule has 96 valence electrons. The maximum absolute atomic E-state index is 9.89. The van der Waals surface area contributed by atoms with E-state index in [9.17, 15) is 5.11 Å². The first-order chi connectivity index (χ1) is 8.05. The quantitative estimate of drug-likeness (QED) is 0.814. The van der Waals surface area contributed by atoms with E-state index in [1.165, 1.54) is 19.3 Å². The number of aliphatic hydroxyl groups excluding tert-OH is 1. The van der Waals surface area contributed by atoms with Gasteiger partial charge in [0.05, 0.1) is 12.6 Å². The highest BCUT2D eigenvalue weighted by Gasteiger charge is 2.30. The standard InChI is InChI=1S/C13H23N3O/c1-13(2)5-4-11(8-13)14-9-12(17)10-16-7-3-6-15-16/h3,6-7,11-12,14,17H,4-5,8-10H2,1-2H3. The molecule has 0 aromatic carbocycles. The van der Waals surface area contributed by atoms with Crippen molar-refractivity contribution in [2.24, 2.45) is 5.41 Å². The summed E-state index contributed by atoms with van der Waals surface area (Å²) in [6.45, 7) is 5.85. The van der Waals surface area contributed by atoms with Gasteiger partial charge in [-0.05, 0) is 30.7 Å². The Hall–Kier alpha value is -0.870. The van der Waals surface area contributed by atoms with Crippen LogP contribution in [0, 0.1) is 5.41 Å². The Labute approximate surface area is 103 Å². The van der Waals surface area contributed by atoms with Gasteiger partial charge in [0.25, 0.3) is 0 Å². The lowest BCUT2D eigenvalue weighted by atomic mass is 9.92. The Morgan fingerprint density at radius 3 is 3.00 bits per heavy atom. The fourth-order valence-electron chi connectivity index (χ4n) is 2.60. The summed E-state index contributed by atoms with van der Waals surface area (Å²) in [6, 6.07) is 2.44. The Balaban J connectivity index is 1.68. The third kappa shape index (κ3) is 3.82. The van der Waals surface area contributed by atoms with Gasteiger partial charge in [-0.1, -0.05) is 13.8 Å². The predicted octanol–water partition coefficient (Wildman–Crippen LogP) is 1.41. The van der Waals surface area contributed by atoms with Gasteiger partial charge in [-0.3, -0.25) is 4.68 Å². The average molecular weight is 237 g/mol. The van der Waals surface area contributed by atoms with Crippen molar-refractivity contribution in [1.82, 2.24) is 15.1 Å². The first-order valence-corrected chi connectivity index (χ1v) is 6.44. The van der Waals surface area contributed by atoms with Crippen molar-refractivity contribution >= 4 is 0 Å². The summed E-state index contributed by atoms with van der Waals surface area (Å²) >= 11 is 0.